The van der Waals surface area contributed by atoms with Gasteiger partial charge < -0.3 is 15.0 Å². The van der Waals surface area contributed by atoms with Crippen LogP contribution in [0.1, 0.15) is 20.7 Å². The Hall–Kier alpha value is -2.60. The number of esters is 1. The summed E-state index contributed by atoms with van der Waals surface area (Å²) in [6.45, 7) is 0. The van der Waals surface area contributed by atoms with Crippen molar-refractivity contribution in [2.75, 3.05) is 12.4 Å². The summed E-state index contributed by atoms with van der Waals surface area (Å²) in [5, 5.41) is 2.52. The first-order chi connectivity index (χ1) is 10.0. The number of benzene rings is 1. The number of rotatable bonds is 3. The van der Waals surface area contributed by atoms with Crippen LogP contribution >= 0.6 is 11.6 Å². The van der Waals surface area contributed by atoms with Crippen LogP contribution < -0.4 is 10.9 Å². The number of hydrogen-bond acceptors (Lipinski definition) is 4. The summed E-state index contributed by atoms with van der Waals surface area (Å²) in [6.07, 6.45) is 1.26. The van der Waals surface area contributed by atoms with E-state index in [1.54, 1.807) is 18.2 Å². The van der Waals surface area contributed by atoms with Crippen LogP contribution in [0.5, 0.6) is 0 Å². The van der Waals surface area contributed by atoms with Gasteiger partial charge in [-0.3, -0.25) is 9.59 Å². The molecule has 1 aromatic heterocycles. The molecule has 0 aliphatic rings. The Morgan fingerprint density at radius 2 is 2.00 bits per heavy atom. The molecule has 108 valence electrons. The molecule has 0 saturated carbocycles. The molecular weight excluding hydrogens is 296 g/mol. The molecule has 1 amide bonds. The fourth-order valence-corrected chi connectivity index (χ4v) is 1.80. The van der Waals surface area contributed by atoms with Crippen molar-refractivity contribution in [3.05, 3.63) is 63.0 Å². The molecule has 0 spiro atoms. The molecule has 6 nitrogen and oxygen atoms in total. The maximum atomic E-state index is 12.0. The smallest absolute Gasteiger partial charge is 0.337 e. The van der Waals surface area contributed by atoms with Gasteiger partial charge in [0, 0.05) is 11.9 Å². The SMILES string of the molecule is COC(=O)c1cccc(NC(=O)c2c[nH]c(=O)c(Cl)c2)c1. The number of carbonyl (C=O) groups excluding carboxylic acids is 2. The molecular formula is C14H11ClN2O4. The van der Waals surface area contributed by atoms with Gasteiger partial charge in [-0.1, -0.05) is 17.7 Å². The molecule has 2 N–H and O–H groups in total. The standard InChI is InChI=1S/C14H11ClN2O4/c1-21-14(20)8-3-2-4-10(5-8)17-12(18)9-6-11(15)13(19)16-7-9/h2-7H,1H3,(H,16,19)(H,17,18). The van der Waals surface area contributed by atoms with Gasteiger partial charge in [0.1, 0.15) is 5.02 Å². The zero-order valence-corrected chi connectivity index (χ0v) is 11.7. The molecule has 0 aliphatic carbocycles. The second-order valence-electron chi connectivity index (χ2n) is 4.09. The molecule has 2 rings (SSSR count). The highest BCUT2D eigenvalue weighted by atomic mass is 35.5. The number of amides is 1. The minimum atomic E-state index is -0.502. The van der Waals surface area contributed by atoms with Crippen molar-refractivity contribution in [3.8, 4) is 0 Å². The van der Waals surface area contributed by atoms with Crippen LogP contribution in [0.4, 0.5) is 5.69 Å². The third-order valence-electron chi connectivity index (χ3n) is 2.66. The Morgan fingerprint density at radius 1 is 1.24 bits per heavy atom. The van der Waals surface area contributed by atoms with Crippen molar-refractivity contribution in [1.29, 1.82) is 0 Å². The lowest BCUT2D eigenvalue weighted by molar-refractivity contribution is 0.0600. The molecule has 0 radical (unpaired) electrons. The minimum absolute atomic E-state index is 0.0778. The predicted molar refractivity (Wildman–Crippen MR) is 77.8 cm³/mol. The molecule has 0 atom stereocenters. The van der Waals surface area contributed by atoms with Crippen molar-refractivity contribution >= 4 is 29.2 Å². The summed E-state index contributed by atoms with van der Waals surface area (Å²) < 4.78 is 4.60. The number of anilines is 1. The first-order valence-corrected chi connectivity index (χ1v) is 6.27. The molecule has 0 saturated heterocycles. The number of carbonyl (C=O) groups is 2. The van der Waals surface area contributed by atoms with Gasteiger partial charge in [0.15, 0.2) is 0 Å². The van der Waals surface area contributed by atoms with Crippen LogP contribution in [-0.2, 0) is 4.74 Å². The first-order valence-electron chi connectivity index (χ1n) is 5.89. The van der Waals surface area contributed by atoms with E-state index in [1.807, 2.05) is 0 Å². The normalized spacial score (nSPS) is 10.0. The van der Waals surface area contributed by atoms with Crippen LogP contribution in [0.15, 0.2) is 41.3 Å². The van der Waals surface area contributed by atoms with E-state index < -0.39 is 17.4 Å². The summed E-state index contributed by atoms with van der Waals surface area (Å²) in [4.78, 5) is 36.9. The van der Waals surface area contributed by atoms with Crippen LogP contribution in [0.3, 0.4) is 0 Å². The van der Waals surface area contributed by atoms with Crippen LogP contribution in [-0.4, -0.2) is 24.0 Å². The number of aromatic nitrogens is 1. The van der Waals surface area contributed by atoms with Crippen molar-refractivity contribution in [1.82, 2.24) is 4.98 Å². The molecule has 0 fully saturated rings. The molecule has 0 unspecified atom stereocenters. The van der Waals surface area contributed by atoms with Gasteiger partial charge in [-0.25, -0.2) is 4.79 Å². The zero-order valence-electron chi connectivity index (χ0n) is 11.0. The Kier molecular flexibility index (Phi) is 4.39. The number of pyridine rings is 1. The monoisotopic (exact) mass is 306 g/mol. The average molecular weight is 307 g/mol. The van der Waals surface area contributed by atoms with Crippen LogP contribution in [0.2, 0.25) is 5.02 Å². The molecule has 2 aromatic rings. The molecule has 21 heavy (non-hydrogen) atoms. The van der Waals surface area contributed by atoms with Gasteiger partial charge in [0.2, 0.25) is 0 Å². The first kappa shape index (κ1) is 14.8. The quantitative estimate of drug-likeness (QED) is 0.850. The van der Waals surface area contributed by atoms with Gasteiger partial charge in [-0.05, 0) is 24.3 Å². The lowest BCUT2D eigenvalue weighted by atomic mass is 10.2. The van der Waals surface area contributed by atoms with E-state index in [0.717, 1.165) is 0 Å². The number of aromatic amines is 1. The third-order valence-corrected chi connectivity index (χ3v) is 2.94. The Bertz CT molecular complexity index is 755. The number of halogens is 1. The van der Waals surface area contributed by atoms with E-state index in [2.05, 4.69) is 15.0 Å². The summed E-state index contributed by atoms with van der Waals surface area (Å²) >= 11 is 5.66. The lowest BCUT2D eigenvalue weighted by Gasteiger charge is -2.07. The van der Waals surface area contributed by atoms with Crippen LogP contribution in [0.25, 0.3) is 0 Å². The predicted octanol–water partition coefficient (Wildman–Crippen LogP) is 2.07. The molecule has 0 aliphatic heterocycles. The molecule has 1 heterocycles. The van der Waals surface area contributed by atoms with Crippen molar-refractivity contribution in [2.24, 2.45) is 0 Å². The van der Waals surface area contributed by atoms with E-state index in [9.17, 15) is 14.4 Å². The van der Waals surface area contributed by atoms with Gasteiger partial charge in [0.25, 0.3) is 11.5 Å². The molecule has 1 aromatic carbocycles. The van der Waals surface area contributed by atoms with Gasteiger partial charge in [0.05, 0.1) is 18.2 Å². The van der Waals surface area contributed by atoms with Crippen LogP contribution in [0, 0.1) is 0 Å². The average Bonchev–Trinajstić information content (AvgIpc) is 2.49. The Balaban J connectivity index is 2.21. The van der Waals surface area contributed by atoms with E-state index in [-0.39, 0.29) is 10.6 Å². The van der Waals surface area contributed by atoms with E-state index in [1.165, 1.54) is 25.4 Å². The van der Waals surface area contributed by atoms with Crippen molar-refractivity contribution < 1.29 is 14.3 Å². The fourth-order valence-electron chi connectivity index (χ4n) is 1.63. The second-order valence-corrected chi connectivity index (χ2v) is 4.50. The highest BCUT2D eigenvalue weighted by Gasteiger charge is 2.10. The molecule has 0 bridgehead atoms. The number of nitrogens with one attached hydrogen (secondary N) is 2. The second kappa shape index (κ2) is 6.23. The Labute approximate surface area is 124 Å². The van der Waals surface area contributed by atoms with Crippen molar-refractivity contribution in [3.63, 3.8) is 0 Å². The van der Waals surface area contributed by atoms with E-state index in [0.29, 0.717) is 11.3 Å². The topological polar surface area (TPSA) is 88.3 Å². The van der Waals surface area contributed by atoms with Gasteiger partial charge >= 0.3 is 5.97 Å². The number of ether oxygens (including phenoxy) is 1. The van der Waals surface area contributed by atoms with Gasteiger partial charge in [-0.15, -0.1) is 0 Å². The lowest BCUT2D eigenvalue weighted by Crippen LogP contribution is -2.15. The minimum Gasteiger partial charge on any atom is -0.465 e. The maximum absolute atomic E-state index is 12.0. The van der Waals surface area contributed by atoms with Gasteiger partial charge in [-0.2, -0.15) is 0 Å². The summed E-state index contributed by atoms with van der Waals surface area (Å²) in [5.41, 5.74) is 0.462. The molecule has 7 heteroatoms. The van der Waals surface area contributed by atoms with E-state index in [4.69, 9.17) is 11.6 Å². The highest BCUT2D eigenvalue weighted by Crippen LogP contribution is 2.13. The highest BCUT2D eigenvalue weighted by molar-refractivity contribution is 6.30. The summed E-state index contributed by atoms with van der Waals surface area (Å²) in [6, 6.07) is 7.55. The zero-order chi connectivity index (χ0) is 15.4. The third kappa shape index (κ3) is 3.49. The summed E-state index contributed by atoms with van der Waals surface area (Å²) in [7, 11) is 1.27. The number of hydrogen-bond donors (Lipinski definition) is 2. The number of H-pyrrole nitrogens is 1. The van der Waals surface area contributed by atoms with E-state index >= 15 is 0 Å². The Morgan fingerprint density at radius 3 is 2.67 bits per heavy atom. The maximum Gasteiger partial charge on any atom is 0.337 e. The summed E-state index contributed by atoms with van der Waals surface area (Å²) in [5.74, 6) is -0.964. The fraction of sp³-hybridized carbons (Fsp3) is 0.0714. The number of methoxy groups -OCH3 is 1. The van der Waals surface area contributed by atoms with Crippen molar-refractivity contribution in [2.45, 2.75) is 0 Å². The largest absolute Gasteiger partial charge is 0.465 e.